The van der Waals surface area contributed by atoms with Crippen LogP contribution in [0.1, 0.15) is 48.5 Å². The van der Waals surface area contributed by atoms with Crippen molar-refractivity contribution in [2.24, 2.45) is 0 Å². The number of carbonyl (C=O) groups excluding carboxylic acids is 2. The van der Waals surface area contributed by atoms with Crippen molar-refractivity contribution in [2.75, 3.05) is 7.11 Å². The summed E-state index contributed by atoms with van der Waals surface area (Å²) >= 11 is 0. The molecule has 0 spiro atoms. The Morgan fingerprint density at radius 3 is 2.50 bits per heavy atom. The number of ketones is 1. The van der Waals surface area contributed by atoms with Gasteiger partial charge in [0, 0.05) is 29.3 Å². The molecule has 1 aromatic carbocycles. The molecule has 0 aliphatic carbocycles. The minimum absolute atomic E-state index is 0. The number of halogens is 1. The zero-order valence-corrected chi connectivity index (χ0v) is 14.9. The van der Waals surface area contributed by atoms with Crippen molar-refractivity contribution >= 4 is 24.1 Å². The Morgan fingerprint density at radius 1 is 1.25 bits per heavy atom. The van der Waals surface area contributed by atoms with Crippen molar-refractivity contribution in [3.05, 3.63) is 29.3 Å². The van der Waals surface area contributed by atoms with Crippen molar-refractivity contribution in [2.45, 2.75) is 57.2 Å². The molecule has 2 unspecified atom stereocenters. The minimum Gasteiger partial charge on any atom is -0.496 e. The third kappa shape index (κ3) is 4.28. The second kappa shape index (κ2) is 7.99. The lowest BCUT2D eigenvalue weighted by molar-refractivity contribution is -0.121. The first kappa shape index (κ1) is 18.7. The summed E-state index contributed by atoms with van der Waals surface area (Å²) in [5.74, 6) is 0.634. The molecule has 0 saturated carbocycles. The molecule has 3 rings (SSSR count). The Hall–Kier alpha value is -1.59. The van der Waals surface area contributed by atoms with E-state index in [0.29, 0.717) is 23.4 Å². The van der Waals surface area contributed by atoms with Crippen LogP contribution in [0.2, 0.25) is 0 Å². The van der Waals surface area contributed by atoms with Crippen LogP contribution in [0.4, 0.5) is 0 Å². The Labute approximate surface area is 148 Å². The van der Waals surface area contributed by atoms with Gasteiger partial charge in [0.2, 0.25) is 5.91 Å². The number of benzene rings is 1. The fourth-order valence-corrected chi connectivity index (χ4v) is 3.76. The van der Waals surface area contributed by atoms with Gasteiger partial charge >= 0.3 is 0 Å². The topological polar surface area (TPSA) is 67.4 Å². The summed E-state index contributed by atoms with van der Waals surface area (Å²) in [7, 11) is 1.58. The molecule has 24 heavy (non-hydrogen) atoms. The fourth-order valence-electron chi connectivity index (χ4n) is 3.76. The van der Waals surface area contributed by atoms with Gasteiger partial charge < -0.3 is 15.4 Å². The number of nitrogens with one attached hydrogen (secondary N) is 2. The van der Waals surface area contributed by atoms with E-state index in [9.17, 15) is 9.59 Å². The average Bonchev–Trinajstić information content (AvgIpc) is 2.85. The Kier molecular flexibility index (Phi) is 6.24. The maximum atomic E-state index is 12.4. The number of hydrogen-bond acceptors (Lipinski definition) is 4. The summed E-state index contributed by atoms with van der Waals surface area (Å²) in [5, 5.41) is 6.72. The maximum Gasteiger partial charge on any atom is 0.224 e. The molecular formula is C18H25ClN2O3. The molecule has 2 heterocycles. The molecule has 2 bridgehead atoms. The Morgan fingerprint density at radius 2 is 1.92 bits per heavy atom. The maximum absolute atomic E-state index is 12.4. The van der Waals surface area contributed by atoms with Crippen LogP contribution in [0.3, 0.4) is 0 Å². The molecule has 6 heteroatoms. The quantitative estimate of drug-likeness (QED) is 0.798. The first-order chi connectivity index (χ1) is 11.0. The second-order valence-electron chi connectivity index (χ2n) is 6.63. The van der Waals surface area contributed by atoms with Gasteiger partial charge in [-0.05, 0) is 50.8 Å². The molecular weight excluding hydrogens is 328 g/mol. The number of piperidine rings is 1. The molecule has 2 atom stereocenters. The van der Waals surface area contributed by atoms with Crippen molar-refractivity contribution in [1.82, 2.24) is 10.6 Å². The van der Waals surface area contributed by atoms with Crippen LogP contribution in [0.5, 0.6) is 5.75 Å². The lowest BCUT2D eigenvalue weighted by atomic mass is 9.99. The molecule has 2 aliphatic rings. The SMILES string of the molecule is COc1ccc(C(C)=O)cc1CC(=O)NC1CC2CCC(C1)N2.Cl. The minimum atomic E-state index is -0.00996. The number of rotatable bonds is 5. The van der Waals surface area contributed by atoms with Crippen LogP contribution in [-0.4, -0.2) is 36.9 Å². The number of ether oxygens (including phenoxy) is 1. The number of methoxy groups -OCH3 is 1. The summed E-state index contributed by atoms with van der Waals surface area (Å²) < 4.78 is 5.31. The van der Waals surface area contributed by atoms with Crippen LogP contribution < -0.4 is 15.4 Å². The number of fused-ring (bicyclic) bond motifs is 2. The number of carbonyl (C=O) groups is 2. The molecule has 0 radical (unpaired) electrons. The third-order valence-electron chi connectivity index (χ3n) is 4.88. The molecule has 1 aromatic rings. The first-order valence-electron chi connectivity index (χ1n) is 8.28. The van der Waals surface area contributed by atoms with E-state index in [0.717, 1.165) is 18.4 Å². The number of hydrogen-bond donors (Lipinski definition) is 2. The van der Waals surface area contributed by atoms with Crippen LogP contribution in [0.25, 0.3) is 0 Å². The molecule has 1 amide bonds. The van der Waals surface area contributed by atoms with E-state index in [-0.39, 0.29) is 36.6 Å². The predicted molar refractivity (Wildman–Crippen MR) is 95.1 cm³/mol. The standard InChI is InChI=1S/C18H24N2O3.ClH/c1-11(21)12-3-6-17(23-2)13(7-12)8-18(22)20-16-9-14-4-5-15(10-16)19-14;/h3,6-7,14-16,19H,4-5,8-10H2,1-2H3,(H,20,22);1H. The highest BCUT2D eigenvalue weighted by molar-refractivity contribution is 5.94. The smallest absolute Gasteiger partial charge is 0.224 e. The van der Waals surface area contributed by atoms with Gasteiger partial charge in [0.1, 0.15) is 5.75 Å². The number of amides is 1. The molecule has 2 fully saturated rings. The van der Waals surface area contributed by atoms with Gasteiger partial charge in [0.05, 0.1) is 13.5 Å². The van der Waals surface area contributed by atoms with Gasteiger partial charge in [-0.25, -0.2) is 0 Å². The van der Waals surface area contributed by atoms with E-state index in [1.54, 1.807) is 25.3 Å². The van der Waals surface area contributed by atoms with Gasteiger partial charge in [-0.15, -0.1) is 12.4 Å². The van der Waals surface area contributed by atoms with Crippen molar-refractivity contribution in [1.29, 1.82) is 0 Å². The van der Waals surface area contributed by atoms with Gasteiger partial charge in [-0.2, -0.15) is 0 Å². The van der Waals surface area contributed by atoms with Crippen molar-refractivity contribution in [3.8, 4) is 5.75 Å². The molecule has 2 N–H and O–H groups in total. The van der Waals surface area contributed by atoms with Crippen LogP contribution in [0, 0.1) is 0 Å². The summed E-state index contributed by atoms with van der Waals surface area (Å²) in [5.41, 5.74) is 1.36. The molecule has 5 nitrogen and oxygen atoms in total. The zero-order chi connectivity index (χ0) is 16.4. The molecule has 0 aromatic heterocycles. The van der Waals surface area contributed by atoms with E-state index in [1.165, 1.54) is 19.8 Å². The molecule has 2 saturated heterocycles. The summed E-state index contributed by atoms with van der Waals surface area (Å²) in [6.45, 7) is 1.52. The fraction of sp³-hybridized carbons (Fsp3) is 0.556. The summed E-state index contributed by atoms with van der Waals surface area (Å²) in [6.07, 6.45) is 4.68. The Balaban J connectivity index is 0.00000208. The summed E-state index contributed by atoms with van der Waals surface area (Å²) in [6, 6.07) is 6.59. The van der Waals surface area contributed by atoms with Gasteiger partial charge in [0.25, 0.3) is 0 Å². The van der Waals surface area contributed by atoms with E-state index in [4.69, 9.17) is 4.74 Å². The second-order valence-corrected chi connectivity index (χ2v) is 6.63. The van der Waals surface area contributed by atoms with E-state index in [1.807, 2.05) is 0 Å². The van der Waals surface area contributed by atoms with E-state index < -0.39 is 0 Å². The van der Waals surface area contributed by atoms with E-state index in [2.05, 4.69) is 10.6 Å². The van der Waals surface area contributed by atoms with Crippen molar-refractivity contribution in [3.63, 3.8) is 0 Å². The van der Waals surface area contributed by atoms with Crippen LogP contribution in [-0.2, 0) is 11.2 Å². The normalized spacial score (nSPS) is 24.8. The largest absolute Gasteiger partial charge is 0.496 e. The van der Waals surface area contributed by atoms with Crippen LogP contribution >= 0.6 is 12.4 Å². The van der Waals surface area contributed by atoms with Gasteiger partial charge in [-0.3, -0.25) is 9.59 Å². The molecule has 132 valence electrons. The third-order valence-corrected chi connectivity index (χ3v) is 4.88. The average molecular weight is 353 g/mol. The first-order valence-corrected chi connectivity index (χ1v) is 8.28. The van der Waals surface area contributed by atoms with Gasteiger partial charge in [0.15, 0.2) is 5.78 Å². The monoisotopic (exact) mass is 352 g/mol. The zero-order valence-electron chi connectivity index (χ0n) is 14.1. The lowest BCUT2D eigenvalue weighted by Crippen LogP contribution is -2.48. The highest BCUT2D eigenvalue weighted by Crippen LogP contribution is 2.27. The highest BCUT2D eigenvalue weighted by atomic mass is 35.5. The highest BCUT2D eigenvalue weighted by Gasteiger charge is 2.33. The molecule has 2 aliphatic heterocycles. The van der Waals surface area contributed by atoms with Crippen LogP contribution in [0.15, 0.2) is 18.2 Å². The van der Waals surface area contributed by atoms with Crippen molar-refractivity contribution < 1.29 is 14.3 Å². The summed E-state index contributed by atoms with van der Waals surface area (Å²) in [4.78, 5) is 23.9. The van der Waals surface area contributed by atoms with E-state index >= 15 is 0 Å². The lowest BCUT2D eigenvalue weighted by Gasteiger charge is -2.29. The van der Waals surface area contributed by atoms with Gasteiger partial charge in [-0.1, -0.05) is 0 Å². The Bertz CT molecular complexity index is 608. The number of Topliss-reactive ketones (excluding diaryl/α,β-unsaturated/α-hetero) is 1. The predicted octanol–water partition coefficient (Wildman–Crippen LogP) is 2.26.